The number of nitrogens with zero attached hydrogens (tertiary/aromatic N) is 2. The second kappa shape index (κ2) is 4.39. The Bertz CT molecular complexity index is 490. The molecule has 6 heteroatoms. The molecule has 1 aliphatic heterocycles. The summed E-state index contributed by atoms with van der Waals surface area (Å²) >= 11 is 0. The molecule has 0 aromatic carbocycles. The van der Waals surface area contributed by atoms with E-state index < -0.39 is 9.84 Å². The van der Waals surface area contributed by atoms with Crippen LogP contribution in [0.4, 0.5) is 0 Å². The molecule has 0 spiro atoms. The van der Waals surface area contributed by atoms with E-state index in [2.05, 4.69) is 10.4 Å². The lowest BCUT2D eigenvalue weighted by Gasteiger charge is -2.09. The molecular formula is C10H15N3O2S. The summed E-state index contributed by atoms with van der Waals surface area (Å²) in [6.45, 7) is 0.754. The van der Waals surface area contributed by atoms with Gasteiger partial charge in [0, 0.05) is 43.4 Å². The normalized spacial score (nSPS) is 22.7. The van der Waals surface area contributed by atoms with Gasteiger partial charge in [0.05, 0.1) is 5.75 Å². The van der Waals surface area contributed by atoms with Crippen LogP contribution in [0.15, 0.2) is 23.7 Å². The molecule has 0 fully saturated rings. The lowest BCUT2D eigenvalue weighted by atomic mass is 10.3. The van der Waals surface area contributed by atoms with Crippen LogP contribution in [-0.4, -0.2) is 36.5 Å². The first kappa shape index (κ1) is 11.3. The van der Waals surface area contributed by atoms with Crippen molar-refractivity contribution in [2.45, 2.75) is 12.5 Å². The molecule has 1 aromatic heterocycles. The fourth-order valence-electron chi connectivity index (χ4n) is 1.74. The molecule has 16 heavy (non-hydrogen) atoms. The summed E-state index contributed by atoms with van der Waals surface area (Å²) in [6, 6.07) is 1.92. The Morgan fingerprint density at radius 2 is 2.44 bits per heavy atom. The first-order chi connectivity index (χ1) is 7.57. The maximum atomic E-state index is 11.1. The Morgan fingerprint density at radius 3 is 3.00 bits per heavy atom. The van der Waals surface area contributed by atoms with Gasteiger partial charge in [0.25, 0.3) is 0 Å². The minimum atomic E-state index is -2.95. The molecule has 0 bridgehead atoms. The molecule has 0 amide bonds. The molecular weight excluding hydrogens is 226 g/mol. The Hall–Kier alpha value is -1.14. The van der Waals surface area contributed by atoms with Crippen LogP contribution in [0.5, 0.6) is 0 Å². The summed E-state index contributed by atoms with van der Waals surface area (Å²) in [4.78, 5) is 0. The van der Waals surface area contributed by atoms with Crippen molar-refractivity contribution in [1.82, 2.24) is 15.1 Å². The van der Waals surface area contributed by atoms with Gasteiger partial charge >= 0.3 is 0 Å². The first-order valence-electron chi connectivity index (χ1n) is 5.18. The highest BCUT2D eigenvalue weighted by Gasteiger charge is 2.20. The predicted octanol–water partition coefficient (Wildman–Crippen LogP) is -0.137. The van der Waals surface area contributed by atoms with E-state index in [1.165, 1.54) is 5.41 Å². The second-order valence-electron chi connectivity index (χ2n) is 3.91. The summed E-state index contributed by atoms with van der Waals surface area (Å²) in [5.74, 6) is 0.179. The average Bonchev–Trinajstić information content (AvgIpc) is 2.74. The Kier molecular flexibility index (Phi) is 3.11. The highest BCUT2D eigenvalue weighted by Crippen LogP contribution is 2.07. The number of hydrogen-bond donors (Lipinski definition) is 1. The van der Waals surface area contributed by atoms with Crippen molar-refractivity contribution in [1.29, 1.82) is 0 Å². The lowest BCUT2D eigenvalue weighted by molar-refractivity contribution is 0.585. The molecule has 1 unspecified atom stereocenters. The van der Waals surface area contributed by atoms with Crippen LogP contribution < -0.4 is 5.32 Å². The Morgan fingerprint density at radius 1 is 1.62 bits per heavy atom. The van der Waals surface area contributed by atoms with Crippen molar-refractivity contribution < 1.29 is 8.42 Å². The zero-order chi connectivity index (χ0) is 11.6. The third-order valence-corrected chi connectivity index (χ3v) is 4.04. The highest BCUT2D eigenvalue weighted by atomic mass is 32.2. The zero-order valence-electron chi connectivity index (χ0n) is 9.13. The monoisotopic (exact) mass is 241 g/mol. The van der Waals surface area contributed by atoms with E-state index in [-0.39, 0.29) is 11.8 Å². The van der Waals surface area contributed by atoms with Gasteiger partial charge in [-0.1, -0.05) is 6.08 Å². The van der Waals surface area contributed by atoms with Crippen molar-refractivity contribution in [2.24, 2.45) is 7.05 Å². The number of rotatable bonds is 4. The van der Waals surface area contributed by atoms with Gasteiger partial charge in [-0.25, -0.2) is 8.42 Å². The quantitative estimate of drug-likeness (QED) is 0.797. The van der Waals surface area contributed by atoms with Crippen LogP contribution in [0, 0.1) is 0 Å². The minimum absolute atomic E-state index is 0.0433. The molecule has 88 valence electrons. The van der Waals surface area contributed by atoms with Crippen molar-refractivity contribution in [3.05, 3.63) is 29.4 Å². The van der Waals surface area contributed by atoms with Crippen LogP contribution in [0.3, 0.4) is 0 Å². The van der Waals surface area contributed by atoms with Gasteiger partial charge in [0.15, 0.2) is 9.84 Å². The van der Waals surface area contributed by atoms with Crippen LogP contribution in [0.2, 0.25) is 0 Å². The molecule has 1 N–H and O–H groups in total. The van der Waals surface area contributed by atoms with Gasteiger partial charge in [0.1, 0.15) is 0 Å². The standard InChI is InChI=1S/C10H15N3O2S/c1-13-10(3-6-12-13)2-5-11-9-4-7-16(14,15)8-9/h3-4,6-7,9,11H,2,5,8H2,1H3. The fraction of sp³-hybridized carbons (Fsp3) is 0.500. The largest absolute Gasteiger partial charge is 0.309 e. The van der Waals surface area contributed by atoms with Crippen LogP contribution in [0.1, 0.15) is 5.69 Å². The van der Waals surface area contributed by atoms with E-state index >= 15 is 0 Å². The maximum absolute atomic E-state index is 11.1. The molecule has 5 nitrogen and oxygen atoms in total. The average molecular weight is 241 g/mol. The molecule has 2 heterocycles. The summed E-state index contributed by atoms with van der Waals surface area (Å²) in [7, 11) is -1.05. The molecule has 2 rings (SSSR count). The second-order valence-corrected chi connectivity index (χ2v) is 5.85. The predicted molar refractivity (Wildman–Crippen MR) is 61.6 cm³/mol. The van der Waals surface area contributed by atoms with E-state index in [0.717, 1.165) is 18.7 Å². The number of hydrogen-bond acceptors (Lipinski definition) is 4. The minimum Gasteiger partial charge on any atom is -0.309 e. The van der Waals surface area contributed by atoms with Crippen molar-refractivity contribution in [2.75, 3.05) is 12.3 Å². The van der Waals surface area contributed by atoms with E-state index in [0.29, 0.717) is 0 Å². The van der Waals surface area contributed by atoms with Gasteiger partial charge in [-0.15, -0.1) is 0 Å². The molecule has 1 atom stereocenters. The van der Waals surface area contributed by atoms with Crippen LogP contribution in [0.25, 0.3) is 0 Å². The number of aromatic nitrogens is 2. The van der Waals surface area contributed by atoms with Gasteiger partial charge in [-0.05, 0) is 6.07 Å². The van der Waals surface area contributed by atoms with E-state index in [9.17, 15) is 8.42 Å². The van der Waals surface area contributed by atoms with Gasteiger partial charge in [-0.2, -0.15) is 5.10 Å². The highest BCUT2D eigenvalue weighted by molar-refractivity contribution is 7.94. The van der Waals surface area contributed by atoms with Gasteiger partial charge in [0.2, 0.25) is 0 Å². The topological polar surface area (TPSA) is 64.0 Å². The Balaban J connectivity index is 1.78. The van der Waals surface area contributed by atoms with Crippen molar-refractivity contribution in [3.63, 3.8) is 0 Å². The zero-order valence-corrected chi connectivity index (χ0v) is 9.94. The number of nitrogens with one attached hydrogen (secondary N) is 1. The molecule has 1 aliphatic rings. The first-order valence-corrected chi connectivity index (χ1v) is 6.89. The van der Waals surface area contributed by atoms with Gasteiger partial charge < -0.3 is 5.32 Å². The molecule has 0 radical (unpaired) electrons. The summed E-state index contributed by atoms with van der Waals surface area (Å²) in [5.41, 5.74) is 1.14. The van der Waals surface area contributed by atoms with E-state index in [4.69, 9.17) is 0 Å². The maximum Gasteiger partial charge on any atom is 0.173 e. The van der Waals surface area contributed by atoms with Crippen LogP contribution in [-0.2, 0) is 23.3 Å². The molecule has 0 aliphatic carbocycles. The number of aryl methyl sites for hydroxylation is 1. The Labute approximate surface area is 95.1 Å². The van der Waals surface area contributed by atoms with Gasteiger partial charge in [-0.3, -0.25) is 4.68 Å². The molecule has 1 aromatic rings. The third-order valence-electron chi connectivity index (χ3n) is 2.64. The third kappa shape index (κ3) is 2.70. The fourth-order valence-corrected chi connectivity index (χ4v) is 3.00. The molecule has 0 saturated carbocycles. The summed E-state index contributed by atoms with van der Waals surface area (Å²) < 4.78 is 24.1. The summed E-state index contributed by atoms with van der Waals surface area (Å²) in [6.07, 6.45) is 4.31. The van der Waals surface area contributed by atoms with Crippen molar-refractivity contribution in [3.8, 4) is 0 Å². The lowest BCUT2D eigenvalue weighted by Crippen LogP contribution is -2.31. The van der Waals surface area contributed by atoms with Crippen LogP contribution >= 0.6 is 0 Å². The SMILES string of the molecule is Cn1nccc1CCNC1C=CS(=O)(=O)C1. The molecule has 0 saturated heterocycles. The smallest absolute Gasteiger partial charge is 0.173 e. The van der Waals surface area contributed by atoms with Crippen molar-refractivity contribution >= 4 is 9.84 Å². The number of sulfone groups is 1. The summed E-state index contributed by atoms with van der Waals surface area (Å²) in [5, 5.41) is 8.55. The van der Waals surface area contributed by atoms with E-state index in [1.807, 2.05) is 17.8 Å². The van der Waals surface area contributed by atoms with E-state index in [1.54, 1.807) is 12.3 Å².